The summed E-state index contributed by atoms with van der Waals surface area (Å²) in [5, 5.41) is 13.9. The second-order valence-electron chi connectivity index (χ2n) is 4.23. The van der Waals surface area contributed by atoms with Crippen LogP contribution >= 0.6 is 0 Å². The van der Waals surface area contributed by atoms with Gasteiger partial charge in [0.2, 0.25) is 15.9 Å². The van der Waals surface area contributed by atoms with E-state index in [1.54, 1.807) is 24.3 Å². The monoisotopic (exact) mass is 314 g/mol. The Hall–Kier alpha value is -2.13. The number of carbonyl (C=O) groups is 1. The number of rotatable bonds is 7. The number of nitrogens with one attached hydrogen (secondary N) is 2. The van der Waals surface area contributed by atoms with E-state index < -0.39 is 10.0 Å². The Kier molecular flexibility index (Phi) is 6.12. The van der Waals surface area contributed by atoms with Gasteiger partial charge in [0.05, 0.1) is 12.2 Å². The van der Waals surface area contributed by atoms with Gasteiger partial charge in [-0.15, -0.1) is 0 Å². The van der Waals surface area contributed by atoms with Crippen LogP contribution in [0.1, 0.15) is 11.1 Å². The third-order valence-electron chi connectivity index (χ3n) is 2.73. The Balaban J connectivity index is 2.48. The van der Waals surface area contributed by atoms with E-state index in [1.165, 1.54) is 7.05 Å². The van der Waals surface area contributed by atoms with E-state index in [9.17, 15) is 13.2 Å². The lowest BCUT2D eigenvalue weighted by atomic mass is 10.1. The SMILES string of the molecule is CNS(=O)(=O)CCNC(=O)Cc1ccc(/C(N)=N/O)cc1. The molecule has 8 nitrogen and oxygen atoms in total. The molecule has 0 saturated carbocycles. The van der Waals surface area contributed by atoms with Crippen LogP contribution in [0.4, 0.5) is 0 Å². The van der Waals surface area contributed by atoms with E-state index in [1.807, 2.05) is 0 Å². The topological polar surface area (TPSA) is 134 Å². The van der Waals surface area contributed by atoms with Gasteiger partial charge in [-0.25, -0.2) is 13.1 Å². The molecule has 1 aromatic carbocycles. The lowest BCUT2D eigenvalue weighted by Gasteiger charge is -2.06. The first-order valence-electron chi connectivity index (χ1n) is 6.12. The van der Waals surface area contributed by atoms with Crippen molar-refractivity contribution in [3.63, 3.8) is 0 Å². The summed E-state index contributed by atoms with van der Waals surface area (Å²) in [6.07, 6.45) is 0.121. The molecule has 1 rings (SSSR count). The smallest absolute Gasteiger partial charge is 0.224 e. The Labute approximate surface area is 123 Å². The fourth-order valence-electron chi connectivity index (χ4n) is 1.53. The molecule has 116 valence electrons. The molecule has 0 saturated heterocycles. The van der Waals surface area contributed by atoms with Gasteiger partial charge in [0.15, 0.2) is 5.84 Å². The minimum atomic E-state index is -3.32. The summed E-state index contributed by atoms with van der Waals surface area (Å²) in [7, 11) is -2.00. The molecular formula is C12H18N4O4S. The molecule has 9 heteroatoms. The fourth-order valence-corrected chi connectivity index (χ4v) is 2.10. The minimum Gasteiger partial charge on any atom is -0.409 e. The van der Waals surface area contributed by atoms with Crippen molar-refractivity contribution >= 4 is 21.8 Å². The molecule has 0 spiro atoms. The van der Waals surface area contributed by atoms with Gasteiger partial charge in [-0.05, 0) is 12.6 Å². The molecule has 0 atom stereocenters. The van der Waals surface area contributed by atoms with Crippen LogP contribution in [-0.2, 0) is 21.2 Å². The molecule has 21 heavy (non-hydrogen) atoms. The van der Waals surface area contributed by atoms with E-state index in [0.29, 0.717) is 5.56 Å². The Morgan fingerprint density at radius 2 is 1.95 bits per heavy atom. The summed E-state index contributed by atoms with van der Waals surface area (Å²) in [6, 6.07) is 6.61. The van der Waals surface area contributed by atoms with Gasteiger partial charge < -0.3 is 16.3 Å². The van der Waals surface area contributed by atoms with Gasteiger partial charge in [0.1, 0.15) is 0 Å². The average molecular weight is 314 g/mol. The quantitative estimate of drug-likeness (QED) is 0.221. The standard InChI is InChI=1S/C12H18N4O4S/c1-14-21(19,20)7-6-15-11(17)8-9-2-4-10(5-3-9)12(13)16-18/h2-5,14,18H,6-8H2,1H3,(H2,13,16)(H,15,17). The largest absolute Gasteiger partial charge is 0.409 e. The lowest BCUT2D eigenvalue weighted by Crippen LogP contribution is -2.33. The van der Waals surface area contributed by atoms with E-state index in [0.717, 1.165) is 5.56 Å². The first kappa shape index (κ1) is 16.9. The van der Waals surface area contributed by atoms with Gasteiger partial charge in [-0.2, -0.15) is 0 Å². The van der Waals surface area contributed by atoms with Crippen LogP contribution in [-0.4, -0.2) is 44.7 Å². The van der Waals surface area contributed by atoms with Crippen molar-refractivity contribution in [3.05, 3.63) is 35.4 Å². The molecule has 0 radical (unpaired) electrons. The van der Waals surface area contributed by atoms with Crippen LogP contribution in [0, 0.1) is 0 Å². The van der Waals surface area contributed by atoms with Crippen molar-refractivity contribution < 1.29 is 18.4 Å². The van der Waals surface area contributed by atoms with E-state index in [-0.39, 0.29) is 30.5 Å². The number of nitrogens with two attached hydrogens (primary N) is 1. The Morgan fingerprint density at radius 3 is 2.48 bits per heavy atom. The summed E-state index contributed by atoms with van der Waals surface area (Å²) in [4.78, 5) is 11.6. The molecule has 0 fully saturated rings. The number of nitrogens with zero attached hydrogens (tertiary/aromatic N) is 1. The number of amidine groups is 1. The van der Waals surface area contributed by atoms with Crippen LogP contribution in [0.3, 0.4) is 0 Å². The van der Waals surface area contributed by atoms with E-state index >= 15 is 0 Å². The summed E-state index contributed by atoms with van der Waals surface area (Å²) in [5.41, 5.74) is 6.70. The number of amides is 1. The van der Waals surface area contributed by atoms with Gasteiger partial charge in [-0.3, -0.25) is 4.79 Å². The molecule has 0 unspecified atom stereocenters. The van der Waals surface area contributed by atoms with Crippen LogP contribution in [0.15, 0.2) is 29.4 Å². The second kappa shape index (κ2) is 7.60. The molecule has 0 aliphatic carbocycles. The van der Waals surface area contributed by atoms with Crippen molar-refractivity contribution in [3.8, 4) is 0 Å². The molecule has 0 bridgehead atoms. The predicted octanol–water partition coefficient (Wildman–Crippen LogP) is -1.01. The predicted molar refractivity (Wildman–Crippen MR) is 78.5 cm³/mol. The maximum Gasteiger partial charge on any atom is 0.224 e. The molecule has 0 aliphatic heterocycles. The van der Waals surface area contributed by atoms with Crippen LogP contribution < -0.4 is 15.8 Å². The molecule has 0 aliphatic rings. The van der Waals surface area contributed by atoms with E-state index in [4.69, 9.17) is 10.9 Å². The number of sulfonamides is 1. The highest BCUT2D eigenvalue weighted by atomic mass is 32.2. The van der Waals surface area contributed by atoms with Crippen LogP contribution in [0.25, 0.3) is 0 Å². The molecule has 0 heterocycles. The first-order valence-corrected chi connectivity index (χ1v) is 7.78. The van der Waals surface area contributed by atoms with Crippen molar-refractivity contribution in [2.75, 3.05) is 19.3 Å². The van der Waals surface area contributed by atoms with Gasteiger partial charge in [0, 0.05) is 12.1 Å². The first-order chi connectivity index (χ1) is 9.88. The van der Waals surface area contributed by atoms with Gasteiger partial charge >= 0.3 is 0 Å². The van der Waals surface area contributed by atoms with Crippen LogP contribution in [0.5, 0.6) is 0 Å². The van der Waals surface area contributed by atoms with Crippen molar-refractivity contribution in [2.45, 2.75) is 6.42 Å². The van der Waals surface area contributed by atoms with Gasteiger partial charge in [0.25, 0.3) is 0 Å². The summed E-state index contributed by atoms with van der Waals surface area (Å²) >= 11 is 0. The third kappa shape index (κ3) is 5.79. The fraction of sp³-hybridized carbons (Fsp3) is 0.333. The van der Waals surface area contributed by atoms with Crippen molar-refractivity contribution in [1.29, 1.82) is 0 Å². The second-order valence-corrected chi connectivity index (χ2v) is 6.28. The van der Waals surface area contributed by atoms with Crippen molar-refractivity contribution in [2.24, 2.45) is 10.9 Å². The number of hydrogen-bond acceptors (Lipinski definition) is 5. The Bertz CT molecular complexity index is 611. The normalized spacial score (nSPS) is 12.1. The molecular weight excluding hydrogens is 296 g/mol. The Morgan fingerprint density at radius 1 is 1.33 bits per heavy atom. The maximum atomic E-state index is 11.6. The van der Waals surface area contributed by atoms with E-state index in [2.05, 4.69) is 15.2 Å². The highest BCUT2D eigenvalue weighted by Gasteiger charge is 2.08. The summed E-state index contributed by atoms with van der Waals surface area (Å²) < 4.78 is 24.5. The number of oxime groups is 1. The minimum absolute atomic E-state index is 0.0109. The van der Waals surface area contributed by atoms with Crippen LogP contribution in [0.2, 0.25) is 0 Å². The summed E-state index contributed by atoms with van der Waals surface area (Å²) in [5.74, 6) is -0.460. The highest BCUT2D eigenvalue weighted by molar-refractivity contribution is 7.89. The molecule has 1 aromatic rings. The summed E-state index contributed by atoms with van der Waals surface area (Å²) in [6.45, 7) is 0.0458. The average Bonchev–Trinajstić information content (AvgIpc) is 2.47. The maximum absolute atomic E-state index is 11.6. The van der Waals surface area contributed by atoms with Crippen molar-refractivity contribution in [1.82, 2.24) is 10.0 Å². The molecule has 5 N–H and O–H groups in total. The third-order valence-corrected chi connectivity index (χ3v) is 4.09. The molecule has 0 aromatic heterocycles. The number of hydrogen-bond donors (Lipinski definition) is 4. The lowest BCUT2D eigenvalue weighted by molar-refractivity contribution is -0.120. The number of benzene rings is 1. The zero-order chi connectivity index (χ0) is 15.9. The zero-order valence-corrected chi connectivity index (χ0v) is 12.4. The highest BCUT2D eigenvalue weighted by Crippen LogP contribution is 2.05. The zero-order valence-electron chi connectivity index (χ0n) is 11.5. The van der Waals surface area contributed by atoms with Gasteiger partial charge in [-0.1, -0.05) is 29.4 Å². The number of carbonyl (C=O) groups excluding carboxylic acids is 1. The molecule has 1 amide bonds.